The number of hydrogen-bond acceptors (Lipinski definition) is 5. The van der Waals surface area contributed by atoms with Crippen molar-refractivity contribution >= 4 is 32.4 Å². The lowest BCUT2D eigenvalue weighted by molar-refractivity contribution is -0.139. The number of amides is 1. The van der Waals surface area contributed by atoms with Gasteiger partial charge in [0.1, 0.15) is 5.82 Å². The molecule has 3 aromatic rings. The van der Waals surface area contributed by atoms with Gasteiger partial charge < -0.3 is 5.32 Å². The summed E-state index contributed by atoms with van der Waals surface area (Å²) in [6.07, 6.45) is -4.88. The van der Waals surface area contributed by atoms with E-state index in [0.29, 0.717) is 17.3 Å². The molecule has 0 aliphatic carbocycles. The highest BCUT2D eigenvalue weighted by molar-refractivity contribution is 7.89. The third kappa shape index (κ3) is 5.31. The van der Waals surface area contributed by atoms with Gasteiger partial charge in [0.15, 0.2) is 5.13 Å². The van der Waals surface area contributed by atoms with Crippen LogP contribution in [0.1, 0.15) is 17.4 Å². The Morgan fingerprint density at radius 2 is 1.72 bits per heavy atom. The fourth-order valence-corrected chi connectivity index (χ4v) is 5.09. The number of anilines is 1. The first-order valence-electron chi connectivity index (χ1n) is 9.11. The molecule has 2 aromatic carbocycles. The number of halogens is 4. The molecule has 0 saturated heterocycles. The van der Waals surface area contributed by atoms with Gasteiger partial charge in [0, 0.05) is 10.4 Å². The standard InChI is InChI=1S/C20H17F4N3O3S2/c1-11(27-32(29,30)16-6-4-3-5-15(16)20(22,23)24)18(28)26-19-25-17(12(2)31-19)13-7-9-14(21)10-8-13/h3-11,27H,1-2H3,(H,25,26,28)/t11-/m0/s1. The fraction of sp³-hybridized carbons (Fsp3) is 0.200. The molecule has 0 aliphatic heterocycles. The van der Waals surface area contributed by atoms with E-state index in [-0.39, 0.29) is 5.13 Å². The van der Waals surface area contributed by atoms with Crippen molar-refractivity contribution in [1.82, 2.24) is 9.71 Å². The first-order valence-corrected chi connectivity index (χ1v) is 11.4. The maximum Gasteiger partial charge on any atom is 0.417 e. The van der Waals surface area contributed by atoms with E-state index in [1.54, 1.807) is 6.92 Å². The van der Waals surface area contributed by atoms with Crippen LogP contribution in [0.3, 0.4) is 0 Å². The molecule has 1 heterocycles. The van der Waals surface area contributed by atoms with Crippen molar-refractivity contribution in [2.45, 2.75) is 31.0 Å². The summed E-state index contributed by atoms with van der Waals surface area (Å²) >= 11 is 1.12. The SMILES string of the molecule is Cc1sc(NC(=O)[C@H](C)NS(=O)(=O)c2ccccc2C(F)(F)F)nc1-c1ccc(F)cc1. The van der Waals surface area contributed by atoms with Gasteiger partial charge in [-0.2, -0.15) is 17.9 Å². The number of nitrogens with zero attached hydrogens (tertiary/aromatic N) is 1. The second-order valence-electron chi connectivity index (χ2n) is 6.76. The van der Waals surface area contributed by atoms with Crippen LogP contribution in [0, 0.1) is 12.7 Å². The zero-order chi connectivity index (χ0) is 23.7. The largest absolute Gasteiger partial charge is 0.417 e. The van der Waals surface area contributed by atoms with E-state index in [4.69, 9.17) is 0 Å². The van der Waals surface area contributed by atoms with Crippen LogP contribution in [0.25, 0.3) is 11.3 Å². The molecule has 0 bridgehead atoms. The van der Waals surface area contributed by atoms with Gasteiger partial charge in [-0.15, -0.1) is 11.3 Å². The molecule has 1 aromatic heterocycles. The van der Waals surface area contributed by atoms with Crippen LogP contribution in [-0.4, -0.2) is 25.4 Å². The minimum atomic E-state index is -4.88. The topological polar surface area (TPSA) is 88.2 Å². The van der Waals surface area contributed by atoms with Gasteiger partial charge in [-0.05, 0) is 50.2 Å². The normalized spacial score (nSPS) is 13.1. The molecule has 0 saturated carbocycles. The lowest BCUT2D eigenvalue weighted by Crippen LogP contribution is -2.42. The van der Waals surface area contributed by atoms with Gasteiger partial charge >= 0.3 is 6.18 Å². The Morgan fingerprint density at radius 1 is 1.09 bits per heavy atom. The van der Waals surface area contributed by atoms with Crippen molar-refractivity contribution in [3.05, 3.63) is 64.8 Å². The molecule has 0 spiro atoms. The molecular formula is C20H17F4N3O3S2. The summed E-state index contributed by atoms with van der Waals surface area (Å²) in [6, 6.07) is 7.88. The average Bonchev–Trinajstić information content (AvgIpc) is 3.07. The molecule has 1 amide bonds. The van der Waals surface area contributed by atoms with Gasteiger partial charge in [0.2, 0.25) is 15.9 Å². The number of aromatic nitrogens is 1. The number of carbonyl (C=O) groups is 1. The van der Waals surface area contributed by atoms with Crippen molar-refractivity contribution in [2.24, 2.45) is 0 Å². The maximum atomic E-state index is 13.2. The van der Waals surface area contributed by atoms with Crippen molar-refractivity contribution in [3.63, 3.8) is 0 Å². The summed E-state index contributed by atoms with van der Waals surface area (Å²) in [5.74, 6) is -1.22. The second-order valence-corrected chi connectivity index (χ2v) is 9.64. The number of nitrogens with one attached hydrogen (secondary N) is 2. The number of hydrogen-bond donors (Lipinski definition) is 2. The quantitative estimate of drug-likeness (QED) is 0.498. The monoisotopic (exact) mass is 487 g/mol. The second kappa shape index (κ2) is 8.96. The molecule has 0 radical (unpaired) electrons. The number of carbonyl (C=O) groups excluding carboxylic acids is 1. The Bertz CT molecular complexity index is 1240. The van der Waals surface area contributed by atoms with E-state index >= 15 is 0 Å². The van der Waals surface area contributed by atoms with Gasteiger partial charge in [0.05, 0.1) is 22.2 Å². The van der Waals surface area contributed by atoms with Crippen molar-refractivity contribution in [1.29, 1.82) is 0 Å². The number of benzene rings is 2. The summed E-state index contributed by atoms with van der Waals surface area (Å²) < 4.78 is 79.6. The number of sulfonamides is 1. The van der Waals surface area contributed by atoms with Gasteiger partial charge in [-0.25, -0.2) is 17.8 Å². The summed E-state index contributed by atoms with van der Waals surface area (Å²) in [7, 11) is -4.64. The summed E-state index contributed by atoms with van der Waals surface area (Å²) in [4.78, 5) is 16.5. The van der Waals surface area contributed by atoms with E-state index in [1.807, 2.05) is 4.72 Å². The molecule has 3 rings (SSSR count). The Balaban J connectivity index is 1.76. The highest BCUT2D eigenvalue weighted by atomic mass is 32.2. The van der Waals surface area contributed by atoms with E-state index in [9.17, 15) is 30.8 Å². The lowest BCUT2D eigenvalue weighted by Gasteiger charge is -2.16. The number of thiazole rings is 1. The molecule has 2 N–H and O–H groups in total. The zero-order valence-electron chi connectivity index (χ0n) is 16.7. The van der Waals surface area contributed by atoms with Crippen LogP contribution in [0.4, 0.5) is 22.7 Å². The third-order valence-corrected chi connectivity index (χ3v) is 6.84. The molecule has 12 heteroatoms. The highest BCUT2D eigenvalue weighted by Crippen LogP contribution is 2.34. The Labute approximate surface area is 185 Å². The van der Waals surface area contributed by atoms with Gasteiger partial charge in [-0.1, -0.05) is 12.1 Å². The number of alkyl halides is 3. The van der Waals surface area contributed by atoms with Crippen LogP contribution < -0.4 is 10.0 Å². The predicted octanol–water partition coefficient (Wildman–Crippen LogP) is 4.58. The first-order chi connectivity index (χ1) is 14.9. The molecular weight excluding hydrogens is 470 g/mol. The van der Waals surface area contributed by atoms with Gasteiger partial charge in [-0.3, -0.25) is 4.79 Å². The maximum absolute atomic E-state index is 13.2. The lowest BCUT2D eigenvalue weighted by atomic mass is 10.1. The van der Waals surface area contributed by atoms with E-state index in [2.05, 4.69) is 10.3 Å². The van der Waals surface area contributed by atoms with Gasteiger partial charge in [0.25, 0.3) is 0 Å². The first kappa shape index (κ1) is 23.8. The molecule has 32 heavy (non-hydrogen) atoms. The fourth-order valence-electron chi connectivity index (χ4n) is 2.82. The molecule has 0 fully saturated rings. The third-order valence-electron chi connectivity index (χ3n) is 4.35. The Morgan fingerprint density at radius 3 is 2.34 bits per heavy atom. The number of aryl methyl sites for hydroxylation is 1. The Hall–Kier alpha value is -2.83. The minimum absolute atomic E-state index is 0.161. The smallest absolute Gasteiger partial charge is 0.301 e. The van der Waals surface area contributed by atoms with E-state index in [1.165, 1.54) is 31.2 Å². The van der Waals surface area contributed by atoms with Crippen molar-refractivity contribution < 1.29 is 30.8 Å². The van der Waals surface area contributed by atoms with Crippen LogP contribution in [-0.2, 0) is 21.0 Å². The average molecular weight is 488 g/mol. The minimum Gasteiger partial charge on any atom is -0.301 e. The molecule has 170 valence electrons. The van der Waals surface area contributed by atoms with Crippen LogP contribution in [0.5, 0.6) is 0 Å². The zero-order valence-corrected chi connectivity index (χ0v) is 18.3. The molecule has 0 aliphatic rings. The van der Waals surface area contributed by atoms with Crippen molar-refractivity contribution in [2.75, 3.05) is 5.32 Å². The molecule has 0 unspecified atom stereocenters. The summed E-state index contributed by atoms with van der Waals surface area (Å²) in [5, 5.41) is 2.61. The van der Waals surface area contributed by atoms with Crippen LogP contribution >= 0.6 is 11.3 Å². The van der Waals surface area contributed by atoms with E-state index < -0.39 is 44.4 Å². The highest BCUT2D eigenvalue weighted by Gasteiger charge is 2.37. The van der Waals surface area contributed by atoms with Crippen molar-refractivity contribution in [3.8, 4) is 11.3 Å². The number of rotatable bonds is 6. The summed E-state index contributed by atoms with van der Waals surface area (Å²) in [5.41, 5.74) is -0.199. The van der Waals surface area contributed by atoms with Crippen LogP contribution in [0.15, 0.2) is 53.4 Å². The Kier molecular flexibility index (Phi) is 6.67. The van der Waals surface area contributed by atoms with E-state index in [0.717, 1.165) is 34.4 Å². The van der Waals surface area contributed by atoms with Crippen LogP contribution in [0.2, 0.25) is 0 Å². The molecule has 6 nitrogen and oxygen atoms in total. The summed E-state index contributed by atoms with van der Waals surface area (Å²) in [6.45, 7) is 2.94. The predicted molar refractivity (Wildman–Crippen MR) is 112 cm³/mol. The molecule has 1 atom stereocenters.